The van der Waals surface area contributed by atoms with Crippen LogP contribution in [0.4, 0.5) is 0 Å². The highest BCUT2D eigenvalue weighted by Gasteiger charge is 2.41. The molecule has 0 bridgehead atoms. The SMILES string of the molecule is C=Cc1ccc(/C=C/c2ccc([Si](c3ccccc3)(c3ccccc3)c3ccccc3)cc2)cc1. The summed E-state index contributed by atoms with van der Waals surface area (Å²) in [5, 5.41) is 5.56. The molecular formula is C34H28Si. The predicted octanol–water partition coefficient (Wildman–Crippen LogP) is 5.88. The molecule has 1 heteroatoms. The Morgan fingerprint density at radius 1 is 0.371 bits per heavy atom. The van der Waals surface area contributed by atoms with Crippen LogP contribution in [-0.2, 0) is 0 Å². The zero-order chi connectivity index (χ0) is 23.9. The second-order valence-corrected chi connectivity index (χ2v) is 12.5. The van der Waals surface area contributed by atoms with Crippen molar-refractivity contribution in [3.63, 3.8) is 0 Å². The molecule has 5 rings (SSSR count). The van der Waals surface area contributed by atoms with Gasteiger partial charge in [0.25, 0.3) is 0 Å². The van der Waals surface area contributed by atoms with Gasteiger partial charge in [-0.15, -0.1) is 0 Å². The summed E-state index contributed by atoms with van der Waals surface area (Å²) in [5.74, 6) is 0. The molecule has 168 valence electrons. The summed E-state index contributed by atoms with van der Waals surface area (Å²) in [7, 11) is -2.45. The first-order chi connectivity index (χ1) is 17.3. The minimum Gasteiger partial charge on any atom is -0.0985 e. The van der Waals surface area contributed by atoms with E-state index in [2.05, 4.69) is 158 Å². The van der Waals surface area contributed by atoms with Crippen molar-refractivity contribution in [2.24, 2.45) is 0 Å². The van der Waals surface area contributed by atoms with Crippen LogP contribution in [0.5, 0.6) is 0 Å². The molecule has 0 fully saturated rings. The standard InChI is InChI=1S/C34H28Si/c1-2-28-18-20-29(21-19-28)22-23-30-24-26-34(27-25-30)35(31-12-6-3-7-13-31,32-14-8-4-9-15-32)33-16-10-5-11-17-33/h2-27H,1H2/b23-22+. The van der Waals surface area contributed by atoms with Crippen LogP contribution in [0.2, 0.25) is 0 Å². The molecule has 0 spiro atoms. The highest BCUT2D eigenvalue weighted by Crippen LogP contribution is 2.13. The molecule has 35 heavy (non-hydrogen) atoms. The fourth-order valence-corrected chi connectivity index (χ4v) is 9.59. The maximum atomic E-state index is 3.83. The van der Waals surface area contributed by atoms with Gasteiger partial charge in [-0.2, -0.15) is 0 Å². The Labute approximate surface area is 209 Å². The van der Waals surface area contributed by atoms with E-state index in [1.807, 2.05) is 6.08 Å². The lowest BCUT2D eigenvalue weighted by atomic mass is 10.1. The van der Waals surface area contributed by atoms with E-state index in [1.54, 1.807) is 0 Å². The molecule has 0 amide bonds. The van der Waals surface area contributed by atoms with Crippen molar-refractivity contribution in [3.8, 4) is 0 Å². The van der Waals surface area contributed by atoms with Crippen LogP contribution < -0.4 is 20.7 Å². The van der Waals surface area contributed by atoms with Gasteiger partial charge in [-0.25, -0.2) is 0 Å². The Balaban J connectivity index is 1.62. The average molecular weight is 465 g/mol. The fraction of sp³-hybridized carbons (Fsp3) is 0. The van der Waals surface area contributed by atoms with Gasteiger partial charge >= 0.3 is 0 Å². The lowest BCUT2D eigenvalue weighted by Gasteiger charge is -2.34. The van der Waals surface area contributed by atoms with Gasteiger partial charge in [0.1, 0.15) is 0 Å². The third-order valence-electron chi connectivity index (χ3n) is 6.60. The Morgan fingerprint density at radius 3 is 1.06 bits per heavy atom. The zero-order valence-corrected chi connectivity index (χ0v) is 20.7. The van der Waals surface area contributed by atoms with Crippen LogP contribution in [0.25, 0.3) is 18.2 Å². The molecule has 0 saturated heterocycles. The van der Waals surface area contributed by atoms with Crippen LogP contribution in [0.3, 0.4) is 0 Å². The smallest absolute Gasteiger partial charge is 0.0985 e. The normalized spacial score (nSPS) is 11.4. The second kappa shape index (κ2) is 10.4. The lowest BCUT2D eigenvalue weighted by Crippen LogP contribution is -2.74. The van der Waals surface area contributed by atoms with E-state index in [9.17, 15) is 0 Å². The molecule has 0 radical (unpaired) electrons. The molecule has 0 aliphatic rings. The third-order valence-corrected chi connectivity index (χ3v) is 11.4. The van der Waals surface area contributed by atoms with Crippen molar-refractivity contribution in [2.75, 3.05) is 0 Å². The minimum absolute atomic E-state index is 1.13. The summed E-state index contributed by atoms with van der Waals surface area (Å²) >= 11 is 0. The van der Waals surface area contributed by atoms with Gasteiger partial charge in [-0.3, -0.25) is 0 Å². The first kappa shape index (κ1) is 22.6. The van der Waals surface area contributed by atoms with Gasteiger partial charge in [-0.1, -0.05) is 164 Å². The fourth-order valence-electron chi connectivity index (χ4n) is 4.84. The topological polar surface area (TPSA) is 0 Å². The maximum Gasteiger partial charge on any atom is 0.179 e. The van der Waals surface area contributed by atoms with E-state index in [-0.39, 0.29) is 0 Å². The first-order valence-electron chi connectivity index (χ1n) is 12.0. The summed E-state index contributed by atoms with van der Waals surface area (Å²) in [6.45, 7) is 3.83. The van der Waals surface area contributed by atoms with E-state index in [0.29, 0.717) is 0 Å². The Morgan fingerprint density at radius 2 is 0.686 bits per heavy atom. The van der Waals surface area contributed by atoms with E-state index >= 15 is 0 Å². The molecule has 0 aromatic heterocycles. The van der Waals surface area contributed by atoms with Gasteiger partial charge in [-0.05, 0) is 37.4 Å². The number of rotatable bonds is 7. The molecule has 5 aromatic rings. The third kappa shape index (κ3) is 4.59. The molecule has 0 atom stereocenters. The Bertz CT molecular complexity index is 1300. The van der Waals surface area contributed by atoms with Crippen LogP contribution >= 0.6 is 0 Å². The molecular weight excluding hydrogens is 436 g/mol. The van der Waals surface area contributed by atoms with Crippen LogP contribution in [-0.4, -0.2) is 8.07 Å². The van der Waals surface area contributed by atoms with E-state index < -0.39 is 8.07 Å². The van der Waals surface area contributed by atoms with Gasteiger partial charge < -0.3 is 0 Å². The predicted molar refractivity (Wildman–Crippen MR) is 156 cm³/mol. The molecule has 0 aliphatic carbocycles. The van der Waals surface area contributed by atoms with Gasteiger partial charge in [0, 0.05) is 0 Å². The van der Waals surface area contributed by atoms with Crippen molar-refractivity contribution in [1.29, 1.82) is 0 Å². The first-order valence-corrected chi connectivity index (χ1v) is 14.0. The highest BCUT2D eigenvalue weighted by molar-refractivity contribution is 7.19. The molecule has 0 N–H and O–H groups in total. The van der Waals surface area contributed by atoms with Gasteiger partial charge in [0.05, 0.1) is 0 Å². The Kier molecular flexibility index (Phi) is 6.70. The van der Waals surface area contributed by atoms with E-state index in [1.165, 1.54) is 31.9 Å². The van der Waals surface area contributed by atoms with E-state index in [4.69, 9.17) is 0 Å². The largest absolute Gasteiger partial charge is 0.179 e. The summed E-state index contributed by atoms with van der Waals surface area (Å²) in [4.78, 5) is 0. The molecule has 0 aliphatic heterocycles. The summed E-state index contributed by atoms with van der Waals surface area (Å²) < 4.78 is 0. The van der Waals surface area contributed by atoms with Gasteiger partial charge in [0.15, 0.2) is 8.07 Å². The molecule has 0 saturated carbocycles. The minimum atomic E-state index is -2.45. The lowest BCUT2D eigenvalue weighted by molar-refractivity contribution is 1.62. The van der Waals surface area contributed by atoms with Crippen molar-refractivity contribution in [3.05, 3.63) is 163 Å². The molecule has 0 unspecified atom stereocenters. The molecule has 0 heterocycles. The van der Waals surface area contributed by atoms with E-state index in [0.717, 1.165) is 5.56 Å². The van der Waals surface area contributed by atoms with Crippen molar-refractivity contribution in [2.45, 2.75) is 0 Å². The van der Waals surface area contributed by atoms with Gasteiger partial charge in [0.2, 0.25) is 0 Å². The second-order valence-electron chi connectivity index (χ2n) is 8.67. The van der Waals surface area contributed by atoms with Crippen molar-refractivity contribution in [1.82, 2.24) is 0 Å². The number of benzene rings is 5. The molecule has 0 nitrogen and oxygen atoms in total. The summed E-state index contributed by atoms with van der Waals surface area (Å²) in [5.41, 5.74) is 3.51. The maximum absolute atomic E-state index is 3.83. The van der Waals surface area contributed by atoms with Crippen LogP contribution in [0.1, 0.15) is 16.7 Å². The van der Waals surface area contributed by atoms with Crippen molar-refractivity contribution >= 4 is 47.0 Å². The average Bonchev–Trinajstić information content (AvgIpc) is 2.95. The quantitative estimate of drug-likeness (QED) is 0.160. The zero-order valence-electron chi connectivity index (χ0n) is 19.7. The number of hydrogen-bond acceptors (Lipinski definition) is 0. The molecule has 5 aromatic carbocycles. The number of hydrogen-bond donors (Lipinski definition) is 0. The Hall–Kier alpha value is -4.20. The highest BCUT2D eigenvalue weighted by atomic mass is 28.3. The van der Waals surface area contributed by atoms with Crippen LogP contribution in [0.15, 0.2) is 146 Å². The summed E-state index contributed by atoms with van der Waals surface area (Å²) in [6, 6.07) is 50.7. The monoisotopic (exact) mass is 464 g/mol. The summed E-state index contributed by atoms with van der Waals surface area (Å²) in [6.07, 6.45) is 6.22. The van der Waals surface area contributed by atoms with Crippen LogP contribution in [0, 0.1) is 0 Å². The van der Waals surface area contributed by atoms with Crippen molar-refractivity contribution < 1.29 is 0 Å².